The zero-order valence-corrected chi connectivity index (χ0v) is 15.3. The van der Waals surface area contributed by atoms with Crippen LogP contribution in [0.5, 0.6) is 0 Å². The van der Waals surface area contributed by atoms with E-state index in [-0.39, 0.29) is 30.4 Å². The van der Waals surface area contributed by atoms with Crippen molar-refractivity contribution in [2.75, 3.05) is 19.7 Å². The van der Waals surface area contributed by atoms with Crippen LogP contribution in [0.15, 0.2) is 66.9 Å². The van der Waals surface area contributed by atoms with Crippen molar-refractivity contribution in [3.8, 4) is 0 Å². The highest BCUT2D eigenvalue weighted by atomic mass is 16.3. The van der Waals surface area contributed by atoms with Gasteiger partial charge in [-0.1, -0.05) is 42.5 Å². The summed E-state index contributed by atoms with van der Waals surface area (Å²) < 4.78 is 0. The largest absolute Gasteiger partial charge is 0.396 e. The molecule has 6 heteroatoms. The van der Waals surface area contributed by atoms with Crippen LogP contribution < -0.4 is 5.32 Å². The van der Waals surface area contributed by atoms with Gasteiger partial charge in [0.15, 0.2) is 0 Å². The molecule has 2 atom stereocenters. The molecular formula is C22H21N3O3. The third kappa shape index (κ3) is 3.46. The van der Waals surface area contributed by atoms with Crippen molar-refractivity contribution >= 4 is 22.6 Å². The summed E-state index contributed by atoms with van der Waals surface area (Å²) in [5.41, 5.74) is 0.949. The fourth-order valence-corrected chi connectivity index (χ4v) is 3.67. The molecule has 1 aliphatic rings. The summed E-state index contributed by atoms with van der Waals surface area (Å²) >= 11 is 0. The number of aromatic nitrogens is 1. The van der Waals surface area contributed by atoms with E-state index in [0.717, 1.165) is 10.8 Å². The molecule has 2 aromatic carbocycles. The van der Waals surface area contributed by atoms with Gasteiger partial charge < -0.3 is 15.3 Å². The van der Waals surface area contributed by atoms with Gasteiger partial charge in [0.2, 0.25) is 0 Å². The molecule has 2 heterocycles. The minimum Gasteiger partial charge on any atom is -0.396 e. The number of amides is 2. The molecule has 1 aliphatic heterocycles. The summed E-state index contributed by atoms with van der Waals surface area (Å²) in [5.74, 6) is -0.611. The lowest BCUT2D eigenvalue weighted by molar-refractivity contribution is 0.0774. The smallest absolute Gasteiger partial charge is 0.273 e. The Morgan fingerprint density at radius 1 is 1.04 bits per heavy atom. The van der Waals surface area contributed by atoms with E-state index < -0.39 is 0 Å². The van der Waals surface area contributed by atoms with E-state index in [0.29, 0.717) is 24.3 Å². The Labute approximate surface area is 162 Å². The van der Waals surface area contributed by atoms with Crippen LogP contribution in [0.1, 0.15) is 20.8 Å². The molecule has 2 unspecified atom stereocenters. The first kappa shape index (κ1) is 18.1. The second-order valence-corrected chi connectivity index (χ2v) is 6.98. The highest BCUT2D eigenvalue weighted by molar-refractivity contribution is 6.05. The van der Waals surface area contributed by atoms with E-state index >= 15 is 0 Å². The number of aliphatic hydroxyl groups is 1. The van der Waals surface area contributed by atoms with Crippen LogP contribution in [0.25, 0.3) is 10.8 Å². The fourth-order valence-electron chi connectivity index (χ4n) is 3.67. The third-order valence-corrected chi connectivity index (χ3v) is 5.19. The molecule has 0 radical (unpaired) electrons. The predicted molar refractivity (Wildman–Crippen MR) is 106 cm³/mol. The van der Waals surface area contributed by atoms with Gasteiger partial charge in [0.05, 0.1) is 6.04 Å². The highest BCUT2D eigenvalue weighted by Crippen LogP contribution is 2.23. The van der Waals surface area contributed by atoms with E-state index in [1.807, 2.05) is 36.4 Å². The zero-order chi connectivity index (χ0) is 19.5. The molecule has 142 valence electrons. The number of nitrogens with one attached hydrogen (secondary N) is 1. The Hall–Kier alpha value is -3.25. The molecule has 28 heavy (non-hydrogen) atoms. The minimum absolute atomic E-state index is 0.105. The monoisotopic (exact) mass is 375 g/mol. The molecule has 1 aromatic heterocycles. The van der Waals surface area contributed by atoms with Gasteiger partial charge in [-0.25, -0.2) is 0 Å². The van der Waals surface area contributed by atoms with Gasteiger partial charge in [0, 0.05) is 42.8 Å². The van der Waals surface area contributed by atoms with Gasteiger partial charge in [-0.15, -0.1) is 0 Å². The van der Waals surface area contributed by atoms with Gasteiger partial charge in [0.1, 0.15) is 5.69 Å². The highest BCUT2D eigenvalue weighted by Gasteiger charge is 2.36. The molecule has 0 saturated carbocycles. The third-order valence-electron chi connectivity index (χ3n) is 5.19. The average Bonchev–Trinajstić information content (AvgIpc) is 3.16. The first-order chi connectivity index (χ1) is 13.7. The van der Waals surface area contributed by atoms with Gasteiger partial charge in [-0.05, 0) is 23.6 Å². The van der Waals surface area contributed by atoms with Gasteiger partial charge in [0.25, 0.3) is 11.8 Å². The molecule has 1 saturated heterocycles. The number of rotatable bonds is 4. The van der Waals surface area contributed by atoms with Crippen molar-refractivity contribution < 1.29 is 14.7 Å². The van der Waals surface area contributed by atoms with Crippen LogP contribution in [-0.4, -0.2) is 52.5 Å². The summed E-state index contributed by atoms with van der Waals surface area (Å²) in [5, 5.41) is 14.5. The predicted octanol–water partition coefficient (Wildman–Crippen LogP) is 2.10. The second kappa shape index (κ2) is 7.78. The molecule has 4 rings (SSSR count). The first-order valence-corrected chi connectivity index (χ1v) is 9.27. The molecule has 3 aromatic rings. The summed E-state index contributed by atoms with van der Waals surface area (Å²) in [6.07, 6.45) is 1.63. The molecular weight excluding hydrogens is 354 g/mol. The maximum atomic E-state index is 13.1. The van der Waals surface area contributed by atoms with Crippen molar-refractivity contribution in [3.05, 3.63) is 78.1 Å². The van der Waals surface area contributed by atoms with Gasteiger partial charge in [-0.2, -0.15) is 0 Å². The van der Waals surface area contributed by atoms with E-state index in [4.69, 9.17) is 0 Å². The number of fused-ring (bicyclic) bond motifs is 1. The van der Waals surface area contributed by atoms with E-state index in [1.54, 1.807) is 35.4 Å². The molecule has 2 N–H and O–H groups in total. The Bertz CT molecular complexity index is 1000. The lowest BCUT2D eigenvalue weighted by Gasteiger charge is -2.18. The quantitative estimate of drug-likeness (QED) is 0.732. The summed E-state index contributed by atoms with van der Waals surface area (Å²) in [6.45, 7) is 0.611. The molecule has 0 spiro atoms. The van der Waals surface area contributed by atoms with E-state index in [2.05, 4.69) is 10.3 Å². The van der Waals surface area contributed by atoms with Gasteiger partial charge >= 0.3 is 0 Å². The van der Waals surface area contributed by atoms with Crippen LogP contribution in [0.2, 0.25) is 0 Å². The second-order valence-electron chi connectivity index (χ2n) is 6.98. The van der Waals surface area contributed by atoms with Crippen molar-refractivity contribution in [3.63, 3.8) is 0 Å². The topological polar surface area (TPSA) is 82.5 Å². The van der Waals surface area contributed by atoms with Crippen LogP contribution in [0.4, 0.5) is 0 Å². The SMILES string of the molecule is O=C(NC1CN(C(=O)c2nccc3ccccc23)CC1CO)c1ccccc1. The number of hydrogen-bond donors (Lipinski definition) is 2. The number of nitrogens with zero attached hydrogens (tertiary/aromatic N) is 2. The number of aliphatic hydroxyl groups excluding tert-OH is 1. The maximum absolute atomic E-state index is 13.1. The molecule has 1 fully saturated rings. The average molecular weight is 375 g/mol. The summed E-state index contributed by atoms with van der Waals surface area (Å²) in [4.78, 5) is 31.5. The minimum atomic E-state index is -0.309. The maximum Gasteiger partial charge on any atom is 0.273 e. The summed E-state index contributed by atoms with van der Waals surface area (Å²) in [7, 11) is 0. The van der Waals surface area contributed by atoms with Crippen molar-refractivity contribution in [2.45, 2.75) is 6.04 Å². The number of hydrogen-bond acceptors (Lipinski definition) is 4. The number of pyridine rings is 1. The normalized spacial score (nSPS) is 19.0. The Balaban J connectivity index is 1.53. The number of carbonyl (C=O) groups excluding carboxylic acids is 2. The lowest BCUT2D eigenvalue weighted by atomic mass is 10.0. The summed E-state index contributed by atoms with van der Waals surface area (Å²) in [6, 6.07) is 18.1. The van der Waals surface area contributed by atoms with Crippen LogP contribution >= 0.6 is 0 Å². The van der Waals surface area contributed by atoms with Crippen LogP contribution in [-0.2, 0) is 0 Å². The zero-order valence-electron chi connectivity index (χ0n) is 15.3. The van der Waals surface area contributed by atoms with E-state index in [1.165, 1.54) is 0 Å². The molecule has 0 aliphatic carbocycles. The van der Waals surface area contributed by atoms with Crippen molar-refractivity contribution in [1.29, 1.82) is 0 Å². The molecule has 2 amide bonds. The number of benzene rings is 2. The Morgan fingerprint density at radius 2 is 1.79 bits per heavy atom. The number of likely N-dealkylation sites (tertiary alicyclic amines) is 1. The Kier molecular flexibility index (Phi) is 5.04. The lowest BCUT2D eigenvalue weighted by Crippen LogP contribution is -2.42. The molecule has 0 bridgehead atoms. The van der Waals surface area contributed by atoms with Gasteiger partial charge in [-0.3, -0.25) is 14.6 Å². The van der Waals surface area contributed by atoms with Crippen molar-refractivity contribution in [2.24, 2.45) is 5.92 Å². The van der Waals surface area contributed by atoms with Crippen molar-refractivity contribution in [1.82, 2.24) is 15.2 Å². The fraction of sp³-hybridized carbons (Fsp3) is 0.227. The molecule has 6 nitrogen and oxygen atoms in total. The van der Waals surface area contributed by atoms with Crippen LogP contribution in [0.3, 0.4) is 0 Å². The first-order valence-electron chi connectivity index (χ1n) is 9.27. The number of carbonyl (C=O) groups is 2. The van der Waals surface area contributed by atoms with E-state index in [9.17, 15) is 14.7 Å². The Morgan fingerprint density at radius 3 is 2.57 bits per heavy atom. The van der Waals surface area contributed by atoms with Crippen LogP contribution in [0, 0.1) is 5.92 Å². The standard InChI is InChI=1S/C22H21N3O3/c26-14-17-12-25(13-19(17)24-21(27)16-7-2-1-3-8-16)22(28)20-18-9-5-4-6-15(18)10-11-23-20/h1-11,17,19,26H,12-14H2,(H,24,27).